The number of para-hydroxylation sites is 1. The summed E-state index contributed by atoms with van der Waals surface area (Å²) in [6, 6.07) is 9.33. The quantitative estimate of drug-likeness (QED) is 0.236. The van der Waals surface area contributed by atoms with Gasteiger partial charge in [-0.2, -0.15) is 10.3 Å². The van der Waals surface area contributed by atoms with E-state index in [0.29, 0.717) is 4.57 Å². The summed E-state index contributed by atoms with van der Waals surface area (Å²) in [7, 11) is -4.33. The minimum atomic E-state index is -4.33. The minimum Gasteiger partial charge on any atom is -0.462 e. The van der Waals surface area contributed by atoms with E-state index >= 15 is 0 Å². The third kappa shape index (κ3) is 6.57. The molecule has 1 fully saturated rings. The number of aliphatic hydroxyl groups is 2. The second-order valence-electron chi connectivity index (χ2n) is 9.04. The number of benzene rings is 1. The smallest absolute Gasteiger partial charge is 0.459 e. The highest BCUT2D eigenvalue weighted by Gasteiger charge is 2.54. The van der Waals surface area contributed by atoms with E-state index in [-0.39, 0.29) is 5.75 Å². The number of H-pyrrole nitrogens is 1. The number of aromatic nitrogens is 2. The van der Waals surface area contributed by atoms with Gasteiger partial charge in [0.15, 0.2) is 6.23 Å². The Morgan fingerprint density at radius 3 is 2.58 bits per heavy atom. The topological polar surface area (TPSA) is 202 Å². The van der Waals surface area contributed by atoms with Gasteiger partial charge in [0.1, 0.15) is 41.4 Å². The SMILES string of the molecule is CC(C)OC(=O)[C@H](C)NP(=O)(OC[C@H]1O[C@@H](n2c(C#N)cc(=O)[nH]c2=O)[C@](C)(O)[C@@H]1O)Oc1ccccc1. The Bertz CT molecular complexity index is 1350. The zero-order valence-electron chi connectivity index (χ0n) is 21.1. The van der Waals surface area contributed by atoms with E-state index in [1.807, 2.05) is 4.98 Å². The number of carbonyl (C=O) groups excluding carboxylic acids is 1. The zero-order chi connectivity index (χ0) is 28.3. The van der Waals surface area contributed by atoms with Crippen LogP contribution in [0.1, 0.15) is 39.6 Å². The summed E-state index contributed by atoms with van der Waals surface area (Å²) in [4.78, 5) is 38.3. The standard InChI is InChI=1S/C23H29N4O10P/c1-13(2)35-20(30)14(3)26-38(33,37-16-8-6-5-7-9-16)34-12-17-19(29)23(4,32)21(36-17)27-15(11-24)10-18(28)25-22(27)31/h5-10,13-14,17,19,21,29,32H,12H2,1-4H3,(H,26,33)(H,25,28,31)/t14-,17+,19+,21+,23+,38?/m0/s1. The number of carbonyl (C=O) groups is 1. The summed E-state index contributed by atoms with van der Waals surface area (Å²) < 4.78 is 36.2. The Labute approximate surface area is 217 Å². The van der Waals surface area contributed by atoms with Crippen molar-refractivity contribution in [3.63, 3.8) is 0 Å². The average Bonchev–Trinajstić information content (AvgIpc) is 3.05. The van der Waals surface area contributed by atoms with Crippen molar-refractivity contribution in [2.24, 2.45) is 0 Å². The molecule has 0 radical (unpaired) electrons. The monoisotopic (exact) mass is 552 g/mol. The number of hydrogen-bond acceptors (Lipinski definition) is 11. The van der Waals surface area contributed by atoms with Gasteiger partial charge in [-0.15, -0.1) is 0 Å². The van der Waals surface area contributed by atoms with Crippen LogP contribution in [0.4, 0.5) is 0 Å². The second-order valence-corrected chi connectivity index (χ2v) is 10.7. The lowest BCUT2D eigenvalue weighted by Gasteiger charge is -2.28. The summed E-state index contributed by atoms with van der Waals surface area (Å²) >= 11 is 0. The molecule has 1 aromatic heterocycles. The number of nitrogens with zero attached hydrogens (tertiary/aromatic N) is 2. The van der Waals surface area contributed by atoms with Gasteiger partial charge in [0.25, 0.3) is 5.56 Å². The molecule has 0 bridgehead atoms. The van der Waals surface area contributed by atoms with Crippen LogP contribution in [-0.2, 0) is 23.4 Å². The molecule has 2 heterocycles. The predicted octanol–water partition coefficient (Wildman–Crippen LogP) is 0.551. The Hall–Kier alpha value is -3.31. The Balaban J connectivity index is 1.85. The van der Waals surface area contributed by atoms with Crippen molar-refractivity contribution in [1.82, 2.24) is 14.6 Å². The molecule has 0 saturated carbocycles. The maximum atomic E-state index is 13.7. The fourth-order valence-electron chi connectivity index (χ4n) is 3.68. The third-order valence-electron chi connectivity index (χ3n) is 5.51. The lowest BCUT2D eigenvalue weighted by molar-refractivity contribution is -0.149. The lowest BCUT2D eigenvalue weighted by atomic mass is 9.96. The number of aliphatic hydroxyl groups excluding tert-OH is 1. The zero-order valence-corrected chi connectivity index (χ0v) is 22.0. The highest BCUT2D eigenvalue weighted by molar-refractivity contribution is 7.52. The highest BCUT2D eigenvalue weighted by atomic mass is 31.2. The first kappa shape index (κ1) is 29.2. The number of nitrogens with one attached hydrogen (secondary N) is 2. The second kappa shape index (κ2) is 11.6. The molecular weight excluding hydrogens is 523 g/mol. The van der Waals surface area contributed by atoms with E-state index in [4.69, 9.17) is 18.5 Å². The summed E-state index contributed by atoms with van der Waals surface area (Å²) in [6.07, 6.45) is -5.13. The van der Waals surface area contributed by atoms with Crippen LogP contribution in [0.25, 0.3) is 0 Å². The van der Waals surface area contributed by atoms with Crippen molar-refractivity contribution in [1.29, 1.82) is 5.26 Å². The normalized spacial score (nSPS) is 25.4. The molecule has 4 N–H and O–H groups in total. The van der Waals surface area contributed by atoms with E-state index in [0.717, 1.165) is 13.0 Å². The molecule has 0 aliphatic carbocycles. The van der Waals surface area contributed by atoms with E-state index < -0.39 is 73.4 Å². The first-order chi connectivity index (χ1) is 17.8. The third-order valence-corrected chi connectivity index (χ3v) is 7.16. The highest BCUT2D eigenvalue weighted by Crippen LogP contribution is 2.47. The van der Waals surface area contributed by atoms with Gasteiger partial charge < -0.3 is 24.2 Å². The van der Waals surface area contributed by atoms with Gasteiger partial charge in [-0.3, -0.25) is 23.7 Å². The van der Waals surface area contributed by atoms with Gasteiger partial charge in [-0.05, 0) is 39.8 Å². The van der Waals surface area contributed by atoms with E-state index in [2.05, 4.69) is 5.09 Å². The van der Waals surface area contributed by atoms with Gasteiger partial charge >= 0.3 is 19.4 Å². The molecule has 206 valence electrons. The first-order valence-electron chi connectivity index (χ1n) is 11.6. The molecule has 2 aromatic rings. The van der Waals surface area contributed by atoms with Gasteiger partial charge in [-0.1, -0.05) is 18.2 Å². The first-order valence-corrected chi connectivity index (χ1v) is 13.1. The van der Waals surface area contributed by atoms with Crippen LogP contribution in [0.15, 0.2) is 46.0 Å². The molecule has 15 heteroatoms. The summed E-state index contributed by atoms with van der Waals surface area (Å²) in [5, 5.41) is 33.6. The van der Waals surface area contributed by atoms with Crippen molar-refractivity contribution in [2.75, 3.05) is 6.61 Å². The summed E-state index contributed by atoms with van der Waals surface area (Å²) in [5.41, 5.74) is -4.45. The van der Waals surface area contributed by atoms with Crippen LogP contribution in [0, 0.1) is 11.3 Å². The van der Waals surface area contributed by atoms with Crippen molar-refractivity contribution >= 4 is 13.7 Å². The van der Waals surface area contributed by atoms with Crippen LogP contribution in [-0.4, -0.2) is 62.3 Å². The molecule has 38 heavy (non-hydrogen) atoms. The number of esters is 1. The van der Waals surface area contributed by atoms with E-state index in [1.165, 1.54) is 19.1 Å². The fraction of sp³-hybridized carbons (Fsp3) is 0.478. The molecule has 0 spiro atoms. The molecule has 0 amide bonds. The van der Waals surface area contributed by atoms with Crippen molar-refractivity contribution in [2.45, 2.75) is 63.9 Å². The number of hydrogen-bond donors (Lipinski definition) is 4. The van der Waals surface area contributed by atoms with Crippen molar-refractivity contribution in [3.8, 4) is 11.8 Å². The Morgan fingerprint density at radius 1 is 1.32 bits per heavy atom. The van der Waals surface area contributed by atoms with Gasteiger partial charge in [-0.25, -0.2) is 9.36 Å². The van der Waals surface area contributed by atoms with Crippen LogP contribution in [0.5, 0.6) is 5.75 Å². The van der Waals surface area contributed by atoms with E-state index in [1.54, 1.807) is 38.1 Å². The van der Waals surface area contributed by atoms with Crippen LogP contribution < -0.4 is 20.9 Å². The molecule has 6 atom stereocenters. The van der Waals surface area contributed by atoms with E-state index in [9.17, 15) is 34.4 Å². The lowest BCUT2D eigenvalue weighted by Crippen LogP contribution is -2.47. The Morgan fingerprint density at radius 2 is 1.97 bits per heavy atom. The van der Waals surface area contributed by atoms with Gasteiger partial charge in [0.05, 0.1) is 12.7 Å². The number of rotatable bonds is 10. The average molecular weight is 552 g/mol. The molecule has 1 unspecified atom stereocenters. The molecule has 1 saturated heterocycles. The molecular formula is C23H29N4O10P. The summed E-state index contributed by atoms with van der Waals surface area (Å²) in [5.74, 6) is -0.578. The maximum Gasteiger partial charge on any atom is 0.459 e. The largest absolute Gasteiger partial charge is 0.462 e. The van der Waals surface area contributed by atoms with Gasteiger partial charge in [0, 0.05) is 6.07 Å². The minimum absolute atomic E-state index is 0.143. The molecule has 1 aliphatic rings. The van der Waals surface area contributed by atoms with Crippen LogP contribution >= 0.6 is 7.75 Å². The van der Waals surface area contributed by atoms with Crippen LogP contribution in [0.3, 0.4) is 0 Å². The molecule has 3 rings (SSSR count). The Kier molecular flexibility index (Phi) is 8.94. The summed E-state index contributed by atoms with van der Waals surface area (Å²) in [6.45, 7) is 5.20. The molecule has 1 aromatic carbocycles. The predicted molar refractivity (Wildman–Crippen MR) is 131 cm³/mol. The number of aromatic amines is 1. The molecule has 14 nitrogen and oxygen atoms in total. The van der Waals surface area contributed by atoms with Crippen LogP contribution in [0.2, 0.25) is 0 Å². The number of ether oxygens (including phenoxy) is 2. The number of nitriles is 1. The molecule has 1 aliphatic heterocycles. The fourth-order valence-corrected chi connectivity index (χ4v) is 5.18. The van der Waals surface area contributed by atoms with Crippen molar-refractivity contribution < 1.29 is 38.1 Å². The maximum absolute atomic E-state index is 13.7. The van der Waals surface area contributed by atoms with Gasteiger partial charge in [0.2, 0.25) is 0 Å². The van der Waals surface area contributed by atoms with Crippen molar-refractivity contribution in [3.05, 3.63) is 62.9 Å².